The van der Waals surface area contributed by atoms with E-state index in [0.29, 0.717) is 11.3 Å². The average molecular weight is 306 g/mol. The third kappa shape index (κ3) is 2.23. The molecule has 0 aliphatic rings. The van der Waals surface area contributed by atoms with E-state index in [9.17, 15) is 9.90 Å². The van der Waals surface area contributed by atoms with Gasteiger partial charge in [-0.05, 0) is 34.5 Å². The monoisotopic (exact) mass is 306 g/mol. The number of hydrogen-bond donors (Lipinski definition) is 1. The van der Waals surface area contributed by atoms with Crippen LogP contribution in [0.2, 0.25) is 0 Å². The zero-order chi connectivity index (χ0) is 14.1. The van der Waals surface area contributed by atoms with Crippen molar-refractivity contribution in [1.82, 2.24) is 15.4 Å². The fraction of sp³-hybridized carbons (Fsp3) is 0.167. The number of aromatic nitrogens is 3. The molecule has 0 spiro atoms. The fourth-order valence-electron chi connectivity index (χ4n) is 1.84. The Kier molecular flexibility index (Phi) is 3.33. The van der Waals surface area contributed by atoms with Crippen LogP contribution in [0.25, 0.3) is 10.2 Å². The predicted octanol–water partition coefficient (Wildman–Crippen LogP) is 3.14. The maximum Gasteiger partial charge on any atom is 0.413 e. The molecule has 6 nitrogen and oxygen atoms in total. The highest BCUT2D eigenvalue weighted by molar-refractivity contribution is 7.18. The lowest BCUT2D eigenvalue weighted by atomic mass is 10.3. The summed E-state index contributed by atoms with van der Waals surface area (Å²) in [6.07, 6.45) is -1.05. The van der Waals surface area contributed by atoms with Crippen molar-refractivity contribution >= 4 is 44.8 Å². The summed E-state index contributed by atoms with van der Waals surface area (Å²) in [6.45, 7) is 2.18. The molecular weight excluding hydrogens is 296 g/mol. The highest BCUT2D eigenvalue weighted by Gasteiger charge is 2.22. The molecule has 20 heavy (non-hydrogen) atoms. The number of rotatable bonds is 3. The van der Waals surface area contributed by atoms with Crippen molar-refractivity contribution in [3.63, 3.8) is 0 Å². The van der Waals surface area contributed by atoms with Crippen molar-refractivity contribution in [3.05, 3.63) is 33.3 Å². The first kappa shape index (κ1) is 12.9. The van der Waals surface area contributed by atoms with Gasteiger partial charge in [-0.1, -0.05) is 6.07 Å². The number of anilines is 1. The van der Waals surface area contributed by atoms with E-state index in [1.807, 2.05) is 29.8 Å². The minimum Gasteiger partial charge on any atom is -0.465 e. The number of thiophene rings is 2. The normalized spacial score (nSPS) is 10.8. The molecule has 3 heterocycles. The van der Waals surface area contributed by atoms with E-state index >= 15 is 0 Å². The van der Waals surface area contributed by atoms with Crippen molar-refractivity contribution in [2.45, 2.75) is 13.5 Å². The maximum atomic E-state index is 11.5. The molecule has 1 amide bonds. The summed E-state index contributed by atoms with van der Waals surface area (Å²) in [5.74, 6) is 0.342. The molecule has 0 aliphatic heterocycles. The largest absolute Gasteiger partial charge is 0.465 e. The van der Waals surface area contributed by atoms with Gasteiger partial charge in [0.2, 0.25) is 0 Å². The van der Waals surface area contributed by atoms with Gasteiger partial charge in [-0.25, -0.2) is 4.79 Å². The molecule has 1 N–H and O–H groups in total. The van der Waals surface area contributed by atoms with Gasteiger partial charge < -0.3 is 5.11 Å². The third-order valence-corrected chi connectivity index (χ3v) is 4.75. The average Bonchev–Trinajstić information content (AvgIpc) is 3.06. The number of nitrogens with zero attached hydrogens (tertiary/aromatic N) is 4. The number of hydrogen-bond acceptors (Lipinski definition) is 6. The second kappa shape index (κ2) is 5.14. The molecule has 0 saturated heterocycles. The zero-order valence-electron chi connectivity index (χ0n) is 10.5. The summed E-state index contributed by atoms with van der Waals surface area (Å²) >= 11 is 2.94. The van der Waals surface area contributed by atoms with Crippen LogP contribution in [0.5, 0.6) is 0 Å². The van der Waals surface area contributed by atoms with Crippen LogP contribution in [0.15, 0.2) is 22.9 Å². The molecule has 0 atom stereocenters. The van der Waals surface area contributed by atoms with E-state index in [2.05, 4.69) is 15.4 Å². The molecule has 0 fully saturated rings. The lowest BCUT2D eigenvalue weighted by Crippen LogP contribution is -2.29. The van der Waals surface area contributed by atoms with Crippen LogP contribution in [0.3, 0.4) is 0 Å². The molecule has 3 aromatic rings. The van der Waals surface area contributed by atoms with Gasteiger partial charge in [0.15, 0.2) is 5.82 Å². The predicted molar refractivity (Wildman–Crippen MR) is 78.5 cm³/mol. The van der Waals surface area contributed by atoms with Gasteiger partial charge in [0, 0.05) is 4.88 Å². The Morgan fingerprint density at radius 1 is 1.40 bits per heavy atom. The van der Waals surface area contributed by atoms with Crippen molar-refractivity contribution in [2.24, 2.45) is 0 Å². The highest BCUT2D eigenvalue weighted by Crippen LogP contribution is 2.31. The van der Waals surface area contributed by atoms with Gasteiger partial charge in [0.25, 0.3) is 0 Å². The second-order valence-electron chi connectivity index (χ2n) is 4.16. The number of carboxylic acid groups (broad SMARTS) is 1. The van der Waals surface area contributed by atoms with Crippen molar-refractivity contribution < 1.29 is 9.90 Å². The number of amides is 1. The number of fused-ring (bicyclic) bond motifs is 1. The van der Waals surface area contributed by atoms with Crippen LogP contribution in [-0.4, -0.2) is 26.6 Å². The van der Waals surface area contributed by atoms with Crippen LogP contribution >= 0.6 is 22.7 Å². The molecule has 0 saturated carbocycles. The van der Waals surface area contributed by atoms with Crippen LogP contribution in [0, 0.1) is 6.92 Å². The Balaban J connectivity index is 2.07. The van der Waals surface area contributed by atoms with Gasteiger partial charge in [-0.2, -0.15) is 0 Å². The van der Waals surface area contributed by atoms with Gasteiger partial charge >= 0.3 is 6.09 Å². The molecule has 102 valence electrons. The van der Waals surface area contributed by atoms with Crippen molar-refractivity contribution in [3.8, 4) is 0 Å². The van der Waals surface area contributed by atoms with Crippen LogP contribution < -0.4 is 4.90 Å². The first-order chi connectivity index (χ1) is 9.66. The fourth-order valence-corrected chi connectivity index (χ4v) is 3.51. The summed E-state index contributed by atoms with van der Waals surface area (Å²) in [6, 6.07) is 3.79. The van der Waals surface area contributed by atoms with E-state index in [1.54, 1.807) is 0 Å². The van der Waals surface area contributed by atoms with E-state index in [1.165, 1.54) is 27.6 Å². The zero-order valence-corrected chi connectivity index (χ0v) is 12.1. The summed E-state index contributed by atoms with van der Waals surface area (Å²) < 4.78 is 0.747. The third-order valence-electron chi connectivity index (χ3n) is 2.81. The van der Waals surface area contributed by atoms with Gasteiger partial charge in [0.05, 0.1) is 11.2 Å². The first-order valence-electron chi connectivity index (χ1n) is 5.77. The van der Waals surface area contributed by atoms with Crippen molar-refractivity contribution in [1.29, 1.82) is 0 Å². The minimum absolute atomic E-state index is 0.262. The Morgan fingerprint density at radius 3 is 2.95 bits per heavy atom. The highest BCUT2D eigenvalue weighted by atomic mass is 32.1. The van der Waals surface area contributed by atoms with Crippen LogP contribution in [-0.2, 0) is 6.54 Å². The van der Waals surface area contributed by atoms with E-state index in [-0.39, 0.29) is 6.54 Å². The SMILES string of the molecule is Cc1csc2c(N(Cc3cccs3)C(=O)O)nnnc12. The summed E-state index contributed by atoms with van der Waals surface area (Å²) in [5, 5.41) is 24.9. The quantitative estimate of drug-likeness (QED) is 0.804. The molecule has 0 radical (unpaired) electrons. The van der Waals surface area contributed by atoms with E-state index < -0.39 is 6.09 Å². The molecular formula is C12H10N4O2S2. The van der Waals surface area contributed by atoms with Crippen LogP contribution in [0.4, 0.5) is 10.6 Å². The summed E-state index contributed by atoms with van der Waals surface area (Å²) in [7, 11) is 0. The maximum absolute atomic E-state index is 11.5. The van der Waals surface area contributed by atoms with Gasteiger partial charge in [0.1, 0.15) is 5.52 Å². The van der Waals surface area contributed by atoms with Gasteiger partial charge in [-0.3, -0.25) is 4.90 Å². The summed E-state index contributed by atoms with van der Waals surface area (Å²) in [4.78, 5) is 13.7. The van der Waals surface area contributed by atoms with Crippen LogP contribution in [0.1, 0.15) is 10.4 Å². The standard InChI is InChI=1S/C12H10N4O2S2/c1-7-6-20-10-9(7)13-15-14-11(10)16(12(17)18)5-8-3-2-4-19-8/h2-4,6H,5H2,1H3,(H,17,18). The Morgan fingerprint density at radius 2 is 2.25 bits per heavy atom. The smallest absolute Gasteiger partial charge is 0.413 e. The Hall–Kier alpha value is -2.06. The molecule has 8 heteroatoms. The molecule has 0 aromatic carbocycles. The lowest BCUT2D eigenvalue weighted by molar-refractivity contribution is 0.201. The van der Waals surface area contributed by atoms with Gasteiger partial charge in [-0.15, -0.1) is 32.9 Å². The minimum atomic E-state index is -1.05. The number of carbonyl (C=O) groups is 1. The summed E-state index contributed by atoms with van der Waals surface area (Å²) in [5.41, 5.74) is 1.68. The molecule has 3 rings (SSSR count). The topological polar surface area (TPSA) is 79.2 Å². The Bertz CT molecular complexity index is 754. The second-order valence-corrected chi connectivity index (χ2v) is 6.07. The molecule has 3 aromatic heterocycles. The van der Waals surface area contributed by atoms with Crippen molar-refractivity contribution in [2.75, 3.05) is 4.90 Å². The number of aryl methyl sites for hydroxylation is 1. The lowest BCUT2D eigenvalue weighted by Gasteiger charge is -2.16. The Labute approximate surface area is 122 Å². The first-order valence-corrected chi connectivity index (χ1v) is 7.52. The molecule has 0 unspecified atom stereocenters. The molecule has 0 bridgehead atoms. The molecule has 0 aliphatic carbocycles. The van der Waals surface area contributed by atoms with E-state index in [0.717, 1.165) is 15.1 Å². The van der Waals surface area contributed by atoms with E-state index in [4.69, 9.17) is 0 Å².